The lowest BCUT2D eigenvalue weighted by atomic mass is 10.0. The number of piperazine rings is 1. The van der Waals surface area contributed by atoms with Crippen LogP contribution in [-0.2, 0) is 22.6 Å². The van der Waals surface area contributed by atoms with Crippen molar-refractivity contribution in [3.63, 3.8) is 0 Å². The van der Waals surface area contributed by atoms with Gasteiger partial charge in [0.2, 0.25) is 11.8 Å². The molecule has 1 saturated heterocycles. The Hall–Kier alpha value is -4.18. The molecule has 2 aromatic heterocycles. The summed E-state index contributed by atoms with van der Waals surface area (Å²) in [6.07, 6.45) is 5.53. The maximum atomic E-state index is 13.8. The number of fused-ring (bicyclic) bond motifs is 1. The van der Waals surface area contributed by atoms with Crippen LogP contribution in [-0.4, -0.2) is 74.2 Å². The van der Waals surface area contributed by atoms with Crippen LogP contribution in [0.4, 0.5) is 5.69 Å². The van der Waals surface area contributed by atoms with E-state index < -0.39 is 11.6 Å². The molecule has 0 unspecified atom stereocenters. The highest BCUT2D eigenvalue weighted by Crippen LogP contribution is 2.24. The van der Waals surface area contributed by atoms with Crippen LogP contribution in [0.3, 0.4) is 0 Å². The molecule has 10 heteroatoms. The van der Waals surface area contributed by atoms with E-state index in [1.54, 1.807) is 24.9 Å². The molecule has 1 atom stereocenters. The van der Waals surface area contributed by atoms with Crippen LogP contribution in [0.2, 0.25) is 0 Å². The molecule has 198 valence electrons. The number of para-hydroxylation sites is 2. The van der Waals surface area contributed by atoms with Gasteiger partial charge in [0, 0.05) is 55.4 Å². The summed E-state index contributed by atoms with van der Waals surface area (Å²) in [7, 11) is 0. The van der Waals surface area contributed by atoms with Gasteiger partial charge in [0.25, 0.3) is 0 Å². The Morgan fingerprint density at radius 3 is 2.53 bits per heavy atom. The SMILES string of the molecule is CC(C)(N)C(=O)N[C@H](Cc1c[nH]c2ccccc12)C(=O)N1CCN(c2ccccc2Cn2cncn2)CC1. The van der Waals surface area contributed by atoms with E-state index in [0.29, 0.717) is 39.1 Å². The predicted octanol–water partition coefficient (Wildman–Crippen LogP) is 1.92. The monoisotopic (exact) mass is 514 g/mol. The van der Waals surface area contributed by atoms with Gasteiger partial charge in [-0.05, 0) is 37.1 Å². The Morgan fingerprint density at radius 1 is 1.05 bits per heavy atom. The molecule has 38 heavy (non-hydrogen) atoms. The number of hydrogen-bond donors (Lipinski definition) is 3. The van der Waals surface area contributed by atoms with Gasteiger partial charge < -0.3 is 25.8 Å². The highest BCUT2D eigenvalue weighted by atomic mass is 16.2. The molecule has 1 aliphatic rings. The maximum Gasteiger partial charge on any atom is 0.245 e. The third kappa shape index (κ3) is 5.55. The number of H-pyrrole nitrogens is 1. The molecule has 3 heterocycles. The lowest BCUT2D eigenvalue weighted by molar-refractivity contribution is -0.137. The molecule has 2 amide bonds. The van der Waals surface area contributed by atoms with Gasteiger partial charge in [-0.15, -0.1) is 0 Å². The molecule has 0 saturated carbocycles. The number of nitrogens with two attached hydrogens (primary N) is 1. The predicted molar refractivity (Wildman–Crippen MR) is 147 cm³/mol. The summed E-state index contributed by atoms with van der Waals surface area (Å²) < 4.78 is 1.80. The van der Waals surface area contributed by atoms with E-state index >= 15 is 0 Å². The fraction of sp³-hybridized carbons (Fsp3) is 0.357. The van der Waals surface area contributed by atoms with E-state index in [9.17, 15) is 9.59 Å². The van der Waals surface area contributed by atoms with Crippen LogP contribution < -0.4 is 16.0 Å². The summed E-state index contributed by atoms with van der Waals surface area (Å²) in [5.41, 5.74) is 9.22. The summed E-state index contributed by atoms with van der Waals surface area (Å²) in [6, 6.07) is 15.5. The number of aromatic nitrogens is 4. The first-order valence-electron chi connectivity index (χ1n) is 12.9. The smallest absolute Gasteiger partial charge is 0.245 e. The first kappa shape index (κ1) is 25.5. The Labute approximate surface area is 221 Å². The lowest BCUT2D eigenvalue weighted by Gasteiger charge is -2.38. The van der Waals surface area contributed by atoms with E-state index in [1.165, 1.54) is 6.33 Å². The van der Waals surface area contributed by atoms with Gasteiger partial charge in [-0.25, -0.2) is 9.67 Å². The highest BCUT2D eigenvalue weighted by molar-refractivity contribution is 5.92. The van der Waals surface area contributed by atoms with Crippen molar-refractivity contribution in [2.24, 2.45) is 5.73 Å². The van der Waals surface area contributed by atoms with Crippen molar-refractivity contribution in [3.05, 3.63) is 78.5 Å². The van der Waals surface area contributed by atoms with E-state index in [0.717, 1.165) is 27.7 Å². The van der Waals surface area contributed by atoms with E-state index in [-0.39, 0.29) is 11.8 Å². The molecule has 5 rings (SSSR count). The Kier molecular flexibility index (Phi) is 7.15. The zero-order valence-corrected chi connectivity index (χ0v) is 21.8. The van der Waals surface area contributed by atoms with Crippen molar-refractivity contribution in [2.75, 3.05) is 31.1 Å². The van der Waals surface area contributed by atoms with Crippen LogP contribution >= 0.6 is 0 Å². The molecule has 0 spiro atoms. The molecule has 0 bridgehead atoms. The van der Waals surface area contributed by atoms with Crippen molar-refractivity contribution in [3.8, 4) is 0 Å². The van der Waals surface area contributed by atoms with Gasteiger partial charge in [0.1, 0.15) is 18.7 Å². The number of nitrogens with one attached hydrogen (secondary N) is 2. The fourth-order valence-electron chi connectivity index (χ4n) is 4.89. The van der Waals surface area contributed by atoms with Crippen molar-refractivity contribution >= 4 is 28.4 Å². The van der Waals surface area contributed by atoms with Crippen molar-refractivity contribution in [1.29, 1.82) is 0 Å². The second kappa shape index (κ2) is 10.7. The molecule has 0 aliphatic carbocycles. The molecule has 4 aromatic rings. The number of nitrogens with zero attached hydrogens (tertiary/aromatic N) is 5. The molecule has 10 nitrogen and oxygen atoms in total. The summed E-state index contributed by atoms with van der Waals surface area (Å²) in [5.74, 6) is -0.445. The molecule has 2 aromatic carbocycles. The van der Waals surface area contributed by atoms with Crippen LogP contribution in [0.25, 0.3) is 10.9 Å². The van der Waals surface area contributed by atoms with Crippen LogP contribution in [0.15, 0.2) is 67.4 Å². The Morgan fingerprint density at radius 2 is 1.79 bits per heavy atom. The molecular weight excluding hydrogens is 480 g/mol. The normalized spacial score (nSPS) is 15.0. The zero-order chi connectivity index (χ0) is 26.7. The second-order valence-corrected chi connectivity index (χ2v) is 10.3. The van der Waals surface area contributed by atoms with Gasteiger partial charge in [-0.3, -0.25) is 9.59 Å². The highest BCUT2D eigenvalue weighted by Gasteiger charge is 2.33. The minimum absolute atomic E-state index is 0.0940. The largest absolute Gasteiger partial charge is 0.368 e. The summed E-state index contributed by atoms with van der Waals surface area (Å²) >= 11 is 0. The van der Waals surface area contributed by atoms with Gasteiger partial charge in [-0.1, -0.05) is 36.4 Å². The third-order valence-corrected chi connectivity index (χ3v) is 7.01. The fourth-order valence-corrected chi connectivity index (χ4v) is 4.89. The number of carbonyl (C=O) groups is 2. The molecule has 0 radical (unpaired) electrons. The maximum absolute atomic E-state index is 13.8. The molecule has 4 N–H and O–H groups in total. The average molecular weight is 515 g/mol. The molecule has 1 fully saturated rings. The topological polar surface area (TPSA) is 125 Å². The number of rotatable bonds is 8. The zero-order valence-electron chi connectivity index (χ0n) is 21.8. The number of benzene rings is 2. The van der Waals surface area contributed by atoms with E-state index in [2.05, 4.69) is 37.4 Å². The van der Waals surface area contributed by atoms with Crippen LogP contribution in [0.5, 0.6) is 0 Å². The van der Waals surface area contributed by atoms with Gasteiger partial charge in [-0.2, -0.15) is 5.10 Å². The van der Waals surface area contributed by atoms with Gasteiger partial charge in [0.15, 0.2) is 0 Å². The Bertz CT molecular complexity index is 1400. The van der Waals surface area contributed by atoms with Crippen LogP contribution in [0, 0.1) is 0 Å². The standard InChI is InChI=1S/C28H34N8O2/c1-28(2,29)27(38)33-24(15-21-16-31-23-9-5-4-8-22(21)23)26(37)35-13-11-34(12-14-35)25-10-6-3-7-20(25)17-36-19-30-18-32-36/h3-10,16,18-19,24,31H,11-15,17,29H2,1-2H3,(H,33,38)/t24-/m1/s1. The van der Waals surface area contributed by atoms with E-state index in [4.69, 9.17) is 5.73 Å². The minimum Gasteiger partial charge on any atom is -0.368 e. The Balaban J connectivity index is 1.30. The van der Waals surface area contributed by atoms with Gasteiger partial charge >= 0.3 is 0 Å². The number of hydrogen-bond acceptors (Lipinski definition) is 6. The van der Waals surface area contributed by atoms with Crippen molar-refractivity contribution < 1.29 is 9.59 Å². The second-order valence-electron chi connectivity index (χ2n) is 10.3. The van der Waals surface area contributed by atoms with Gasteiger partial charge in [0.05, 0.1) is 12.1 Å². The molecular formula is C28H34N8O2. The van der Waals surface area contributed by atoms with Crippen molar-refractivity contribution in [2.45, 2.75) is 38.4 Å². The van der Waals surface area contributed by atoms with Crippen molar-refractivity contribution in [1.82, 2.24) is 30.0 Å². The summed E-state index contributed by atoms with van der Waals surface area (Å²) in [6.45, 7) is 6.41. The quantitative estimate of drug-likeness (QED) is 0.330. The molecule has 1 aliphatic heterocycles. The first-order valence-corrected chi connectivity index (χ1v) is 12.9. The first-order chi connectivity index (χ1) is 18.3. The number of anilines is 1. The lowest BCUT2D eigenvalue weighted by Crippen LogP contribution is -2.59. The number of carbonyl (C=O) groups excluding carboxylic acids is 2. The minimum atomic E-state index is -1.09. The third-order valence-electron chi connectivity index (χ3n) is 7.01. The number of aromatic amines is 1. The van der Waals surface area contributed by atoms with Crippen LogP contribution in [0.1, 0.15) is 25.0 Å². The average Bonchev–Trinajstić information content (AvgIpc) is 3.58. The van der Waals surface area contributed by atoms with E-state index in [1.807, 2.05) is 47.5 Å². The number of amides is 2. The summed E-state index contributed by atoms with van der Waals surface area (Å²) in [4.78, 5) is 38.0. The summed E-state index contributed by atoms with van der Waals surface area (Å²) in [5, 5.41) is 8.21.